The molecule has 86 valence electrons. The number of hydrogen-bond donors (Lipinski definition) is 0. The van der Waals surface area contributed by atoms with Gasteiger partial charge in [-0.25, -0.2) is 4.39 Å². The lowest BCUT2D eigenvalue weighted by Gasteiger charge is -2.45. The summed E-state index contributed by atoms with van der Waals surface area (Å²) in [7, 11) is 0. The van der Waals surface area contributed by atoms with E-state index >= 15 is 0 Å². The number of Topliss-reactive ketones (excluding diaryl/α,β-unsaturated/α-hetero) is 1. The van der Waals surface area contributed by atoms with Crippen LogP contribution in [0.2, 0.25) is 0 Å². The smallest absolute Gasteiger partial charge is 0.142 e. The summed E-state index contributed by atoms with van der Waals surface area (Å²) in [5.74, 6) is 0.454. The van der Waals surface area contributed by atoms with Crippen molar-refractivity contribution < 1.29 is 9.18 Å². The number of carbonyl (C=O) groups is 1. The molecular weight excluding hydrogens is 191 g/mol. The second-order valence-corrected chi connectivity index (χ2v) is 5.37. The molecule has 0 aliphatic heterocycles. The standard InChI is InChI=1S/C13H21FO/c1-2-3-6-13-7-4-5-10(12(13)15)8-11(14)9-13/h10-11H,2-9H2,1H3. The Bertz CT molecular complexity index is 251. The van der Waals surface area contributed by atoms with Gasteiger partial charge in [-0.15, -0.1) is 0 Å². The van der Waals surface area contributed by atoms with Crippen LogP contribution in [0.5, 0.6) is 0 Å². The molecule has 2 rings (SSSR count). The fourth-order valence-corrected chi connectivity index (χ4v) is 3.48. The molecule has 2 heteroatoms. The number of fused-ring (bicyclic) bond motifs is 2. The van der Waals surface area contributed by atoms with Crippen LogP contribution in [0, 0.1) is 11.3 Å². The Balaban J connectivity index is 2.14. The number of halogens is 1. The molecule has 0 radical (unpaired) electrons. The lowest BCUT2D eigenvalue weighted by molar-refractivity contribution is -0.144. The normalized spacial score (nSPS) is 40.5. The minimum Gasteiger partial charge on any atom is -0.299 e. The van der Waals surface area contributed by atoms with Gasteiger partial charge in [0.2, 0.25) is 0 Å². The maximum atomic E-state index is 13.6. The minimum absolute atomic E-state index is 0.0550. The van der Waals surface area contributed by atoms with Gasteiger partial charge in [-0.3, -0.25) is 4.79 Å². The van der Waals surface area contributed by atoms with Gasteiger partial charge in [-0.05, 0) is 32.1 Å². The van der Waals surface area contributed by atoms with Crippen LogP contribution in [0.1, 0.15) is 58.3 Å². The van der Waals surface area contributed by atoms with E-state index < -0.39 is 6.17 Å². The Morgan fingerprint density at radius 3 is 3.07 bits per heavy atom. The molecule has 0 N–H and O–H groups in total. The number of unbranched alkanes of at least 4 members (excludes halogenated alkanes) is 1. The first-order valence-corrected chi connectivity index (χ1v) is 6.36. The van der Waals surface area contributed by atoms with E-state index in [4.69, 9.17) is 0 Å². The van der Waals surface area contributed by atoms with Gasteiger partial charge in [0.1, 0.15) is 12.0 Å². The molecule has 0 aromatic carbocycles. The number of carbonyl (C=O) groups excluding carboxylic acids is 1. The molecule has 3 atom stereocenters. The molecule has 2 bridgehead atoms. The molecule has 0 amide bonds. The van der Waals surface area contributed by atoms with Crippen LogP contribution in [0.3, 0.4) is 0 Å². The number of alkyl halides is 1. The first-order chi connectivity index (χ1) is 7.18. The van der Waals surface area contributed by atoms with Gasteiger partial charge >= 0.3 is 0 Å². The van der Waals surface area contributed by atoms with E-state index in [-0.39, 0.29) is 11.3 Å². The molecule has 0 saturated heterocycles. The number of rotatable bonds is 3. The van der Waals surface area contributed by atoms with Crippen molar-refractivity contribution in [1.29, 1.82) is 0 Å². The highest BCUT2D eigenvalue weighted by molar-refractivity contribution is 5.88. The van der Waals surface area contributed by atoms with Crippen molar-refractivity contribution in [2.24, 2.45) is 11.3 Å². The van der Waals surface area contributed by atoms with Crippen LogP contribution in [0.15, 0.2) is 0 Å². The summed E-state index contributed by atoms with van der Waals surface area (Å²) in [6.45, 7) is 2.14. The van der Waals surface area contributed by atoms with E-state index in [9.17, 15) is 9.18 Å². The third kappa shape index (κ3) is 1.95. The van der Waals surface area contributed by atoms with Crippen molar-refractivity contribution in [1.82, 2.24) is 0 Å². The highest BCUT2D eigenvalue weighted by Gasteiger charge is 2.49. The highest BCUT2D eigenvalue weighted by atomic mass is 19.1. The first kappa shape index (κ1) is 11.1. The quantitative estimate of drug-likeness (QED) is 0.697. The van der Waals surface area contributed by atoms with Crippen molar-refractivity contribution in [3.05, 3.63) is 0 Å². The van der Waals surface area contributed by atoms with Crippen LogP contribution in [0.25, 0.3) is 0 Å². The Morgan fingerprint density at radius 2 is 2.33 bits per heavy atom. The Morgan fingerprint density at radius 1 is 1.53 bits per heavy atom. The molecule has 2 fully saturated rings. The second kappa shape index (κ2) is 4.23. The van der Waals surface area contributed by atoms with E-state index in [1.54, 1.807) is 0 Å². The average molecular weight is 212 g/mol. The Kier molecular flexibility index (Phi) is 3.13. The molecule has 3 unspecified atom stereocenters. The zero-order valence-corrected chi connectivity index (χ0v) is 9.60. The molecule has 15 heavy (non-hydrogen) atoms. The zero-order chi connectivity index (χ0) is 10.9. The van der Waals surface area contributed by atoms with Crippen LogP contribution in [-0.4, -0.2) is 12.0 Å². The van der Waals surface area contributed by atoms with Crippen LogP contribution < -0.4 is 0 Å². The summed E-state index contributed by atoms with van der Waals surface area (Å²) in [6, 6.07) is 0. The minimum atomic E-state index is -0.718. The van der Waals surface area contributed by atoms with E-state index in [2.05, 4.69) is 6.92 Å². The SMILES string of the molecule is CCCCC12CCCC(CC(F)C1)C2=O. The number of hydrogen-bond acceptors (Lipinski definition) is 1. The van der Waals surface area contributed by atoms with E-state index in [1.165, 1.54) is 0 Å². The predicted molar refractivity (Wildman–Crippen MR) is 58.4 cm³/mol. The summed E-state index contributed by atoms with van der Waals surface area (Å²) < 4.78 is 13.6. The zero-order valence-electron chi connectivity index (χ0n) is 9.60. The summed E-state index contributed by atoms with van der Waals surface area (Å²) in [6.07, 6.45) is 6.43. The fourth-order valence-electron chi connectivity index (χ4n) is 3.48. The van der Waals surface area contributed by atoms with Gasteiger partial charge in [0, 0.05) is 11.3 Å². The van der Waals surface area contributed by atoms with Crippen LogP contribution in [-0.2, 0) is 4.79 Å². The Labute approximate surface area is 91.4 Å². The summed E-state index contributed by atoms with van der Waals surface area (Å²) in [5.41, 5.74) is -0.253. The molecule has 2 saturated carbocycles. The Hall–Kier alpha value is -0.400. The highest BCUT2D eigenvalue weighted by Crippen LogP contribution is 2.49. The van der Waals surface area contributed by atoms with Crippen molar-refractivity contribution in [3.63, 3.8) is 0 Å². The third-order valence-electron chi connectivity index (χ3n) is 4.26. The van der Waals surface area contributed by atoms with Crippen molar-refractivity contribution in [3.8, 4) is 0 Å². The molecule has 2 aliphatic carbocycles. The molecule has 0 heterocycles. The molecule has 0 spiro atoms. The lowest BCUT2D eigenvalue weighted by Crippen LogP contribution is -2.46. The monoisotopic (exact) mass is 212 g/mol. The largest absolute Gasteiger partial charge is 0.299 e. The van der Waals surface area contributed by atoms with Crippen LogP contribution >= 0.6 is 0 Å². The van der Waals surface area contributed by atoms with Gasteiger partial charge in [0.25, 0.3) is 0 Å². The maximum absolute atomic E-state index is 13.6. The van der Waals surface area contributed by atoms with Crippen molar-refractivity contribution in [2.75, 3.05) is 0 Å². The van der Waals surface area contributed by atoms with Gasteiger partial charge in [-0.1, -0.05) is 26.2 Å². The van der Waals surface area contributed by atoms with E-state index in [1.807, 2.05) is 0 Å². The van der Waals surface area contributed by atoms with Crippen molar-refractivity contribution >= 4 is 5.78 Å². The average Bonchev–Trinajstić information content (AvgIpc) is 2.18. The van der Waals surface area contributed by atoms with Gasteiger partial charge in [0.15, 0.2) is 0 Å². The van der Waals surface area contributed by atoms with Gasteiger partial charge in [0.05, 0.1) is 0 Å². The second-order valence-electron chi connectivity index (χ2n) is 5.37. The number of ketones is 1. The third-order valence-corrected chi connectivity index (χ3v) is 4.26. The molecule has 0 aromatic rings. The summed E-state index contributed by atoms with van der Waals surface area (Å²) >= 11 is 0. The van der Waals surface area contributed by atoms with Crippen LogP contribution in [0.4, 0.5) is 4.39 Å². The topological polar surface area (TPSA) is 17.1 Å². The van der Waals surface area contributed by atoms with Crippen molar-refractivity contribution in [2.45, 2.75) is 64.5 Å². The lowest BCUT2D eigenvalue weighted by atomic mass is 9.59. The molecule has 1 nitrogen and oxygen atoms in total. The van der Waals surface area contributed by atoms with E-state index in [0.29, 0.717) is 18.6 Å². The fraction of sp³-hybridized carbons (Fsp3) is 0.923. The molecule has 2 aliphatic rings. The molecular formula is C13H21FO. The van der Waals surface area contributed by atoms with E-state index in [0.717, 1.165) is 38.5 Å². The summed E-state index contributed by atoms with van der Waals surface area (Å²) in [5, 5.41) is 0. The first-order valence-electron chi connectivity index (χ1n) is 6.36. The molecule has 0 aromatic heterocycles. The summed E-state index contributed by atoms with van der Waals surface area (Å²) in [4.78, 5) is 12.2. The predicted octanol–water partition coefficient (Wildman–Crippen LogP) is 3.66. The maximum Gasteiger partial charge on any atom is 0.142 e. The van der Waals surface area contributed by atoms with Gasteiger partial charge in [-0.2, -0.15) is 0 Å². The van der Waals surface area contributed by atoms with Gasteiger partial charge < -0.3 is 0 Å².